The average Bonchev–Trinajstić information content (AvgIpc) is 2.85. The van der Waals surface area contributed by atoms with Crippen LogP contribution in [0.1, 0.15) is 115 Å². The summed E-state index contributed by atoms with van der Waals surface area (Å²) in [5.41, 5.74) is -1.41. The number of nitrogens with zero attached hydrogens (tertiary/aromatic N) is 2. The van der Waals surface area contributed by atoms with Gasteiger partial charge in [0.15, 0.2) is 0 Å². The highest BCUT2D eigenvalue weighted by Gasteiger charge is 2.26. The number of ether oxygens (including phenoxy) is 1. The molecule has 0 saturated carbocycles. The molecule has 0 radical (unpaired) electrons. The van der Waals surface area contributed by atoms with Crippen molar-refractivity contribution in [1.29, 1.82) is 0 Å². The minimum atomic E-state index is -0.955. The molecule has 0 aliphatic rings. The molecule has 1 rings (SSSR count). The number of amides is 1. The second kappa shape index (κ2) is 18.2. The van der Waals surface area contributed by atoms with Crippen LogP contribution in [0.25, 0.3) is 0 Å². The first kappa shape index (κ1) is 32.0. The third-order valence-corrected chi connectivity index (χ3v) is 6.13. The number of esters is 1. The first-order chi connectivity index (χ1) is 17.6. The first-order valence-electron chi connectivity index (χ1n) is 13.6. The Kier molecular flexibility index (Phi) is 15.8. The Morgan fingerprint density at radius 2 is 1.27 bits per heavy atom. The Morgan fingerprint density at radius 3 is 1.70 bits per heavy atom. The molecule has 0 bridgehead atoms. The maximum atomic E-state index is 12.7. The number of benzene rings is 1. The summed E-state index contributed by atoms with van der Waals surface area (Å²) < 4.78 is 5.39. The van der Waals surface area contributed by atoms with E-state index in [0.29, 0.717) is 6.42 Å². The summed E-state index contributed by atoms with van der Waals surface area (Å²) in [6.45, 7) is 6.25. The number of rotatable bonds is 20. The van der Waals surface area contributed by atoms with Crippen molar-refractivity contribution in [2.24, 2.45) is 5.92 Å². The van der Waals surface area contributed by atoms with E-state index in [2.05, 4.69) is 12.2 Å². The monoisotopic (exact) mass is 521 g/mol. The van der Waals surface area contributed by atoms with Crippen molar-refractivity contribution in [3.05, 3.63) is 44.0 Å². The number of hydrogen-bond donors (Lipinski definition) is 1. The van der Waals surface area contributed by atoms with Crippen molar-refractivity contribution >= 4 is 23.3 Å². The highest BCUT2D eigenvalue weighted by molar-refractivity contribution is 5.98. The molecule has 0 aromatic heterocycles. The van der Waals surface area contributed by atoms with Gasteiger partial charge >= 0.3 is 5.97 Å². The fraction of sp³-hybridized carbons (Fsp3) is 0.704. The van der Waals surface area contributed by atoms with E-state index in [0.717, 1.165) is 37.5 Å². The zero-order valence-corrected chi connectivity index (χ0v) is 22.5. The summed E-state index contributed by atoms with van der Waals surface area (Å²) in [5, 5.41) is 24.7. The molecule has 1 N–H and O–H groups in total. The second-order valence-corrected chi connectivity index (χ2v) is 9.96. The number of non-ortho nitro benzene ring substituents is 2. The van der Waals surface area contributed by atoms with Gasteiger partial charge in [0.05, 0.1) is 28.1 Å². The third-order valence-electron chi connectivity index (χ3n) is 6.13. The van der Waals surface area contributed by atoms with Gasteiger partial charge in [0.1, 0.15) is 6.04 Å². The van der Waals surface area contributed by atoms with Crippen molar-refractivity contribution < 1.29 is 24.2 Å². The number of nitrogens with one attached hydrogen (secondary N) is 1. The Morgan fingerprint density at radius 1 is 0.811 bits per heavy atom. The fourth-order valence-electron chi connectivity index (χ4n) is 4.08. The minimum absolute atomic E-state index is 0.0592. The predicted octanol–water partition coefficient (Wildman–Crippen LogP) is 6.89. The lowest BCUT2D eigenvalue weighted by atomic mass is 10.0. The lowest BCUT2D eigenvalue weighted by Gasteiger charge is -2.19. The Bertz CT molecular complexity index is 841. The predicted molar refractivity (Wildman–Crippen MR) is 142 cm³/mol. The SMILES string of the molecule is CCCCCCCCCCCCCCOC(=O)C(CC(C)C)NC(=O)c1cc([N+](=O)[O-])cc([N+](=O)[O-])c1. The molecule has 1 aromatic rings. The van der Waals surface area contributed by atoms with Gasteiger partial charge < -0.3 is 10.1 Å². The zero-order chi connectivity index (χ0) is 27.6. The number of hydrogen-bond acceptors (Lipinski definition) is 7. The van der Waals surface area contributed by atoms with Crippen LogP contribution in [0.3, 0.4) is 0 Å². The van der Waals surface area contributed by atoms with E-state index in [4.69, 9.17) is 4.74 Å². The molecule has 37 heavy (non-hydrogen) atoms. The van der Waals surface area contributed by atoms with Gasteiger partial charge in [0, 0.05) is 12.1 Å². The number of nitro benzene ring substituents is 2. The summed E-state index contributed by atoms with van der Waals surface area (Å²) in [4.78, 5) is 46.0. The zero-order valence-electron chi connectivity index (χ0n) is 22.5. The van der Waals surface area contributed by atoms with Crippen LogP contribution in [-0.4, -0.2) is 34.4 Å². The van der Waals surface area contributed by atoms with E-state index >= 15 is 0 Å². The molecule has 1 atom stereocenters. The van der Waals surface area contributed by atoms with Gasteiger partial charge in [-0.05, 0) is 18.8 Å². The number of carbonyl (C=O) groups is 2. The second-order valence-electron chi connectivity index (χ2n) is 9.96. The van der Waals surface area contributed by atoms with E-state index in [-0.39, 0.29) is 18.1 Å². The van der Waals surface area contributed by atoms with E-state index in [1.165, 1.54) is 57.8 Å². The number of unbranched alkanes of at least 4 members (excludes halogenated alkanes) is 11. The molecule has 208 valence electrons. The van der Waals surface area contributed by atoms with Gasteiger partial charge in [0.25, 0.3) is 17.3 Å². The molecule has 0 spiro atoms. The molecular weight excluding hydrogens is 478 g/mol. The van der Waals surface area contributed by atoms with Gasteiger partial charge in [-0.3, -0.25) is 25.0 Å². The molecule has 0 aliphatic carbocycles. The molecule has 1 unspecified atom stereocenters. The van der Waals surface area contributed by atoms with E-state index in [9.17, 15) is 29.8 Å². The summed E-state index contributed by atoms with van der Waals surface area (Å²) in [6, 6.07) is 1.73. The Labute approximate surface area is 219 Å². The normalized spacial score (nSPS) is 11.8. The largest absolute Gasteiger partial charge is 0.464 e. The molecule has 10 nitrogen and oxygen atoms in total. The molecule has 0 heterocycles. The Hall–Kier alpha value is -3.04. The Balaban J connectivity index is 2.46. The molecule has 0 fully saturated rings. The lowest BCUT2D eigenvalue weighted by Crippen LogP contribution is -2.42. The summed E-state index contributed by atoms with van der Waals surface area (Å²) in [6.07, 6.45) is 14.7. The van der Waals surface area contributed by atoms with Crippen LogP contribution in [0, 0.1) is 26.1 Å². The van der Waals surface area contributed by atoms with Crippen LogP contribution in [0.15, 0.2) is 18.2 Å². The lowest BCUT2D eigenvalue weighted by molar-refractivity contribution is -0.394. The average molecular weight is 522 g/mol. The molecule has 0 saturated heterocycles. The third kappa shape index (κ3) is 13.7. The van der Waals surface area contributed by atoms with E-state index < -0.39 is 39.1 Å². The first-order valence-corrected chi connectivity index (χ1v) is 13.6. The van der Waals surface area contributed by atoms with Crippen molar-refractivity contribution in [2.45, 2.75) is 110 Å². The molecule has 1 aromatic carbocycles. The van der Waals surface area contributed by atoms with Crippen molar-refractivity contribution in [3.63, 3.8) is 0 Å². The fourth-order valence-corrected chi connectivity index (χ4v) is 4.08. The van der Waals surface area contributed by atoms with E-state index in [1.54, 1.807) is 0 Å². The van der Waals surface area contributed by atoms with Crippen LogP contribution in [0.2, 0.25) is 0 Å². The highest BCUT2D eigenvalue weighted by Crippen LogP contribution is 2.23. The van der Waals surface area contributed by atoms with Crippen LogP contribution in [0.5, 0.6) is 0 Å². The van der Waals surface area contributed by atoms with Crippen LogP contribution in [0.4, 0.5) is 11.4 Å². The van der Waals surface area contributed by atoms with Gasteiger partial charge in [-0.25, -0.2) is 4.79 Å². The van der Waals surface area contributed by atoms with E-state index in [1.807, 2.05) is 13.8 Å². The van der Waals surface area contributed by atoms with Gasteiger partial charge in [-0.1, -0.05) is 91.4 Å². The standard InChI is InChI=1S/C27H43N3O7/c1-4-5-6-7-8-9-10-11-12-13-14-15-16-37-27(32)25(17-21(2)3)28-26(31)22-18-23(29(33)34)20-24(19-22)30(35)36/h18-21,25H,4-17H2,1-3H3,(H,28,31). The molecule has 1 amide bonds. The topological polar surface area (TPSA) is 142 Å². The van der Waals surface area contributed by atoms with Gasteiger partial charge in [-0.2, -0.15) is 0 Å². The maximum Gasteiger partial charge on any atom is 0.328 e. The molecule has 0 aliphatic heterocycles. The minimum Gasteiger partial charge on any atom is -0.464 e. The summed E-state index contributed by atoms with van der Waals surface area (Å²) in [7, 11) is 0. The smallest absolute Gasteiger partial charge is 0.328 e. The molecule has 10 heteroatoms. The van der Waals surface area contributed by atoms with Crippen molar-refractivity contribution in [2.75, 3.05) is 6.61 Å². The highest BCUT2D eigenvalue weighted by atomic mass is 16.6. The van der Waals surface area contributed by atoms with Crippen molar-refractivity contribution in [1.82, 2.24) is 5.32 Å². The van der Waals surface area contributed by atoms with Crippen LogP contribution in [-0.2, 0) is 9.53 Å². The van der Waals surface area contributed by atoms with Gasteiger partial charge in [0.2, 0.25) is 0 Å². The quantitative estimate of drug-likeness (QED) is 0.0851. The van der Waals surface area contributed by atoms with Crippen molar-refractivity contribution in [3.8, 4) is 0 Å². The van der Waals surface area contributed by atoms with Crippen LogP contribution < -0.4 is 5.32 Å². The number of nitro groups is 2. The molecular formula is C27H43N3O7. The van der Waals surface area contributed by atoms with Gasteiger partial charge in [-0.15, -0.1) is 0 Å². The summed E-state index contributed by atoms with van der Waals surface area (Å²) >= 11 is 0. The summed E-state index contributed by atoms with van der Waals surface area (Å²) in [5.74, 6) is -1.33. The maximum absolute atomic E-state index is 12.7. The van der Waals surface area contributed by atoms with Crippen LogP contribution >= 0.6 is 0 Å². The number of carbonyl (C=O) groups excluding carboxylic acids is 2.